The van der Waals surface area contributed by atoms with E-state index in [1.807, 2.05) is 60.5 Å². The lowest BCUT2D eigenvalue weighted by molar-refractivity contribution is -0.114. The summed E-state index contributed by atoms with van der Waals surface area (Å²) < 4.78 is 5.13. The van der Waals surface area contributed by atoms with E-state index in [9.17, 15) is 4.79 Å². The van der Waals surface area contributed by atoms with Gasteiger partial charge in [-0.15, -0.1) is 0 Å². The zero-order valence-electron chi connectivity index (χ0n) is 11.7. The number of anilines is 2. The van der Waals surface area contributed by atoms with Crippen molar-refractivity contribution in [3.05, 3.63) is 54.6 Å². The van der Waals surface area contributed by atoms with Gasteiger partial charge in [-0.3, -0.25) is 4.79 Å². The number of nitrogens with one attached hydrogen (secondary N) is 1. The Morgan fingerprint density at radius 2 is 1.90 bits per heavy atom. The van der Waals surface area contributed by atoms with Gasteiger partial charge < -0.3 is 15.0 Å². The quantitative estimate of drug-likeness (QED) is 0.908. The largest absolute Gasteiger partial charge is 0.497 e. The van der Waals surface area contributed by atoms with Crippen LogP contribution in [0.2, 0.25) is 0 Å². The lowest BCUT2D eigenvalue weighted by Crippen LogP contribution is -2.29. The molecule has 0 aromatic heterocycles. The molecule has 0 saturated heterocycles. The van der Waals surface area contributed by atoms with Crippen LogP contribution in [-0.4, -0.2) is 26.6 Å². The van der Waals surface area contributed by atoms with E-state index < -0.39 is 0 Å². The maximum absolute atomic E-state index is 12.0. The molecule has 4 nitrogen and oxygen atoms in total. The summed E-state index contributed by atoms with van der Waals surface area (Å²) in [6.07, 6.45) is 0. The second-order valence-electron chi connectivity index (χ2n) is 4.47. The van der Waals surface area contributed by atoms with Gasteiger partial charge in [0.05, 0.1) is 13.7 Å². The van der Waals surface area contributed by atoms with Crippen molar-refractivity contribution in [1.82, 2.24) is 0 Å². The van der Waals surface area contributed by atoms with Crippen molar-refractivity contribution >= 4 is 17.3 Å². The summed E-state index contributed by atoms with van der Waals surface area (Å²) in [4.78, 5) is 13.9. The minimum atomic E-state index is -0.0652. The second kappa shape index (κ2) is 6.61. The van der Waals surface area contributed by atoms with Gasteiger partial charge in [0.15, 0.2) is 0 Å². The Balaban J connectivity index is 1.95. The molecule has 1 amide bonds. The molecule has 0 bridgehead atoms. The average Bonchev–Trinajstić information content (AvgIpc) is 2.48. The molecule has 20 heavy (non-hydrogen) atoms. The molecule has 2 aromatic rings. The van der Waals surface area contributed by atoms with Crippen LogP contribution in [0, 0.1) is 0 Å². The lowest BCUT2D eigenvalue weighted by atomic mass is 10.3. The van der Waals surface area contributed by atoms with Crippen molar-refractivity contribution < 1.29 is 9.53 Å². The molecule has 0 atom stereocenters. The van der Waals surface area contributed by atoms with Gasteiger partial charge >= 0.3 is 0 Å². The van der Waals surface area contributed by atoms with Crippen molar-refractivity contribution in [3.63, 3.8) is 0 Å². The van der Waals surface area contributed by atoms with E-state index in [1.54, 1.807) is 13.2 Å². The number of hydrogen-bond acceptors (Lipinski definition) is 3. The third kappa shape index (κ3) is 3.75. The predicted octanol–water partition coefficient (Wildman–Crippen LogP) is 2.77. The molecule has 0 aliphatic rings. The third-order valence-corrected chi connectivity index (χ3v) is 2.93. The second-order valence-corrected chi connectivity index (χ2v) is 4.47. The standard InChI is InChI=1S/C16H18N2O2/c1-18(14-8-4-3-5-9-14)12-16(19)17-13-7-6-10-15(11-13)20-2/h3-11H,12H2,1-2H3,(H,17,19). The number of methoxy groups -OCH3 is 1. The molecule has 2 aromatic carbocycles. The summed E-state index contributed by atoms with van der Waals surface area (Å²) >= 11 is 0. The maximum atomic E-state index is 12.0. The first kappa shape index (κ1) is 13.9. The van der Waals surface area contributed by atoms with E-state index >= 15 is 0 Å². The molecule has 0 aliphatic carbocycles. The first-order chi connectivity index (χ1) is 9.69. The van der Waals surface area contributed by atoms with E-state index in [0.29, 0.717) is 6.54 Å². The van der Waals surface area contributed by atoms with E-state index in [2.05, 4.69) is 5.32 Å². The third-order valence-electron chi connectivity index (χ3n) is 2.93. The SMILES string of the molecule is COc1cccc(NC(=O)CN(C)c2ccccc2)c1. The monoisotopic (exact) mass is 270 g/mol. The average molecular weight is 270 g/mol. The Kier molecular flexibility index (Phi) is 4.60. The highest BCUT2D eigenvalue weighted by atomic mass is 16.5. The Labute approximate surface area is 119 Å². The highest BCUT2D eigenvalue weighted by molar-refractivity contribution is 5.94. The van der Waals surface area contributed by atoms with Crippen molar-refractivity contribution in [1.29, 1.82) is 0 Å². The molecule has 4 heteroatoms. The fourth-order valence-corrected chi connectivity index (χ4v) is 1.89. The van der Waals surface area contributed by atoms with Crippen molar-refractivity contribution in [2.75, 3.05) is 30.9 Å². The van der Waals surface area contributed by atoms with Gasteiger partial charge in [0.2, 0.25) is 5.91 Å². The number of benzene rings is 2. The van der Waals surface area contributed by atoms with Gasteiger partial charge in [0.1, 0.15) is 5.75 Å². The summed E-state index contributed by atoms with van der Waals surface area (Å²) in [6.45, 7) is 0.293. The molecule has 0 unspecified atom stereocenters. The van der Waals surface area contributed by atoms with E-state index in [-0.39, 0.29) is 5.91 Å². The Hall–Kier alpha value is -2.49. The summed E-state index contributed by atoms with van der Waals surface area (Å²) in [6, 6.07) is 17.1. The maximum Gasteiger partial charge on any atom is 0.243 e. The molecule has 0 heterocycles. The van der Waals surface area contributed by atoms with Crippen LogP contribution < -0.4 is 15.0 Å². The normalized spacial score (nSPS) is 9.90. The molecule has 1 N–H and O–H groups in total. The fourth-order valence-electron chi connectivity index (χ4n) is 1.89. The zero-order chi connectivity index (χ0) is 14.4. The number of rotatable bonds is 5. The zero-order valence-corrected chi connectivity index (χ0v) is 11.7. The first-order valence-electron chi connectivity index (χ1n) is 6.39. The van der Waals surface area contributed by atoms with Crippen LogP contribution in [0.5, 0.6) is 5.75 Å². The molecule has 104 valence electrons. The van der Waals surface area contributed by atoms with Gasteiger partial charge in [-0.05, 0) is 24.3 Å². The van der Waals surface area contributed by atoms with Gasteiger partial charge in [-0.2, -0.15) is 0 Å². The lowest BCUT2D eigenvalue weighted by Gasteiger charge is -2.18. The minimum Gasteiger partial charge on any atom is -0.497 e. The van der Waals surface area contributed by atoms with Crippen LogP contribution in [0.15, 0.2) is 54.6 Å². The van der Waals surface area contributed by atoms with Gasteiger partial charge in [0.25, 0.3) is 0 Å². The van der Waals surface area contributed by atoms with Crippen molar-refractivity contribution in [2.24, 2.45) is 0 Å². The van der Waals surface area contributed by atoms with Crippen LogP contribution in [-0.2, 0) is 4.79 Å². The van der Waals surface area contributed by atoms with Crippen LogP contribution in [0.1, 0.15) is 0 Å². The number of carbonyl (C=O) groups is 1. The Morgan fingerprint density at radius 1 is 1.15 bits per heavy atom. The minimum absolute atomic E-state index is 0.0652. The van der Waals surface area contributed by atoms with E-state index in [4.69, 9.17) is 4.74 Å². The summed E-state index contributed by atoms with van der Waals surface area (Å²) in [5.41, 5.74) is 1.74. The number of likely N-dealkylation sites (N-methyl/N-ethyl adjacent to an activating group) is 1. The predicted molar refractivity (Wildman–Crippen MR) is 81.3 cm³/mol. The van der Waals surface area contributed by atoms with Gasteiger partial charge in [0, 0.05) is 24.5 Å². The molecule has 0 saturated carbocycles. The molecule has 0 fully saturated rings. The molecular weight excluding hydrogens is 252 g/mol. The van der Waals surface area contributed by atoms with Crippen LogP contribution in [0.3, 0.4) is 0 Å². The van der Waals surface area contributed by atoms with Crippen LogP contribution in [0.4, 0.5) is 11.4 Å². The van der Waals surface area contributed by atoms with Crippen LogP contribution in [0.25, 0.3) is 0 Å². The highest BCUT2D eigenvalue weighted by Crippen LogP contribution is 2.17. The molecule has 0 spiro atoms. The first-order valence-corrected chi connectivity index (χ1v) is 6.39. The number of carbonyl (C=O) groups excluding carboxylic acids is 1. The van der Waals surface area contributed by atoms with Gasteiger partial charge in [-0.1, -0.05) is 24.3 Å². The van der Waals surface area contributed by atoms with E-state index in [0.717, 1.165) is 17.1 Å². The highest BCUT2D eigenvalue weighted by Gasteiger charge is 2.07. The number of nitrogens with zero attached hydrogens (tertiary/aromatic N) is 1. The summed E-state index contributed by atoms with van der Waals surface area (Å²) in [5, 5.41) is 2.86. The Morgan fingerprint density at radius 3 is 2.60 bits per heavy atom. The van der Waals surface area contributed by atoms with Gasteiger partial charge in [-0.25, -0.2) is 0 Å². The topological polar surface area (TPSA) is 41.6 Å². The Bertz CT molecular complexity index is 570. The van der Waals surface area contributed by atoms with Crippen molar-refractivity contribution in [2.45, 2.75) is 0 Å². The smallest absolute Gasteiger partial charge is 0.243 e. The number of hydrogen-bond donors (Lipinski definition) is 1. The van der Waals surface area contributed by atoms with Crippen molar-refractivity contribution in [3.8, 4) is 5.75 Å². The fraction of sp³-hybridized carbons (Fsp3) is 0.188. The molecular formula is C16H18N2O2. The molecule has 0 radical (unpaired) electrons. The van der Waals surface area contributed by atoms with Crippen LogP contribution >= 0.6 is 0 Å². The summed E-state index contributed by atoms with van der Waals surface area (Å²) in [7, 11) is 3.49. The number of ether oxygens (including phenoxy) is 1. The molecule has 0 aliphatic heterocycles. The number of amides is 1. The molecule has 2 rings (SSSR count). The summed E-state index contributed by atoms with van der Waals surface area (Å²) in [5.74, 6) is 0.656. The van der Waals surface area contributed by atoms with E-state index in [1.165, 1.54) is 0 Å². The number of para-hydroxylation sites is 1.